The van der Waals surface area contributed by atoms with E-state index in [1.165, 1.54) is 69.0 Å². The second-order valence-corrected chi connectivity index (χ2v) is 18.8. The molecule has 0 radical (unpaired) electrons. The van der Waals surface area contributed by atoms with Gasteiger partial charge in [-0.25, -0.2) is 0 Å². The van der Waals surface area contributed by atoms with Crippen molar-refractivity contribution in [3.8, 4) is 28.7 Å². The van der Waals surface area contributed by atoms with Gasteiger partial charge in [-0.05, 0) is 67.6 Å². The fraction of sp³-hybridized carbons (Fsp3) is 0.654. The van der Waals surface area contributed by atoms with Crippen LogP contribution >= 0.6 is 0 Å². The number of nitrogens with one attached hydrogen (secondary N) is 1. The monoisotopic (exact) mass is 948 g/mol. The summed E-state index contributed by atoms with van der Waals surface area (Å²) in [6.07, 6.45) is 8.17. The number of carbonyl (C=O) groups excluding carboxylic acids is 5. The number of Topliss-reactive ketones (excluding diaryl/α,β-unsaturated/α-hetero) is 3. The Balaban J connectivity index is 1.72. The van der Waals surface area contributed by atoms with E-state index in [2.05, 4.69) is 12.2 Å². The summed E-state index contributed by atoms with van der Waals surface area (Å²) in [6.45, 7) is 3.51. The van der Waals surface area contributed by atoms with Crippen molar-refractivity contribution < 1.29 is 53.9 Å². The lowest BCUT2D eigenvalue weighted by molar-refractivity contribution is -0.239. The lowest BCUT2D eigenvalue weighted by Crippen LogP contribution is -2.63. The average molecular weight is 948 g/mol. The second kappa shape index (κ2) is 28.7. The quantitative estimate of drug-likeness (QED) is 0.0565. The van der Waals surface area contributed by atoms with Crippen LogP contribution in [0, 0.1) is 23.2 Å². The SMILES string of the molecule is CCCCCCCCCCCCCC(=O)C[C@@H](CCCCN)C(=O)N(C)[C@@H]1C(=O)C[C@@H](C)C(=O)N[C@H](C(=O)CCC#N)Cc2ccc(O)c(c2)-c2cc1ccc2OC1O[C@H](CO)[C@@H](O)[C@H](O)[C@H]1N. The third-order valence-corrected chi connectivity index (χ3v) is 13.4. The highest BCUT2D eigenvalue weighted by atomic mass is 16.7. The maximum atomic E-state index is 14.8. The van der Waals surface area contributed by atoms with E-state index in [-0.39, 0.29) is 66.1 Å². The molecular formula is C52H77N5O11. The Kier molecular flexibility index (Phi) is 23.5. The normalized spacial score (nSPS) is 23.5. The van der Waals surface area contributed by atoms with Gasteiger partial charge in [0.1, 0.15) is 41.6 Å². The minimum atomic E-state index is -1.55. The second-order valence-electron chi connectivity index (χ2n) is 18.8. The Morgan fingerprint density at radius 3 is 2.24 bits per heavy atom. The molecule has 1 saturated heterocycles. The summed E-state index contributed by atoms with van der Waals surface area (Å²) >= 11 is 0. The van der Waals surface area contributed by atoms with Crippen LogP contribution in [0.4, 0.5) is 0 Å². The number of aliphatic hydroxyl groups excluding tert-OH is 3. The van der Waals surface area contributed by atoms with Gasteiger partial charge in [0.15, 0.2) is 11.6 Å². The van der Waals surface area contributed by atoms with Gasteiger partial charge in [0.25, 0.3) is 0 Å². The van der Waals surface area contributed by atoms with Crippen LogP contribution in [-0.2, 0) is 35.1 Å². The molecule has 4 bridgehead atoms. The van der Waals surface area contributed by atoms with Gasteiger partial charge in [0.05, 0.1) is 24.8 Å². The van der Waals surface area contributed by atoms with Gasteiger partial charge < -0.3 is 51.6 Å². The zero-order valence-corrected chi connectivity index (χ0v) is 40.4. The van der Waals surface area contributed by atoms with E-state index in [4.69, 9.17) is 20.9 Å². The Morgan fingerprint density at radius 1 is 0.912 bits per heavy atom. The first-order valence-electron chi connectivity index (χ1n) is 24.9. The van der Waals surface area contributed by atoms with E-state index < -0.39 is 84.6 Å². The summed E-state index contributed by atoms with van der Waals surface area (Å²) in [4.78, 5) is 71.7. The van der Waals surface area contributed by atoms with E-state index in [0.717, 1.165) is 25.7 Å². The number of ether oxygens (including phenoxy) is 2. The van der Waals surface area contributed by atoms with Crippen molar-refractivity contribution in [2.45, 2.75) is 185 Å². The molecule has 2 aliphatic heterocycles. The van der Waals surface area contributed by atoms with Crippen molar-refractivity contribution in [3.05, 3.63) is 47.5 Å². The molecule has 9 N–H and O–H groups in total. The molecule has 0 spiro atoms. The van der Waals surface area contributed by atoms with Crippen molar-refractivity contribution in [2.75, 3.05) is 20.2 Å². The number of carbonyl (C=O) groups is 5. The van der Waals surface area contributed by atoms with Gasteiger partial charge in [-0.15, -0.1) is 0 Å². The number of aromatic hydroxyl groups is 1. The van der Waals surface area contributed by atoms with Gasteiger partial charge in [0, 0.05) is 62.1 Å². The van der Waals surface area contributed by atoms with Crippen molar-refractivity contribution in [1.82, 2.24) is 10.2 Å². The van der Waals surface area contributed by atoms with Crippen molar-refractivity contribution in [3.63, 3.8) is 0 Å². The average Bonchev–Trinajstić information content (AvgIpc) is 3.32. The van der Waals surface area contributed by atoms with Crippen LogP contribution in [0.3, 0.4) is 0 Å². The number of amides is 2. The standard InChI is InChI=1S/C52H77N5O11/c1-4-5-6-7-8-9-10-11-12-13-14-19-37(59)30-36(18-15-16-25-53)51(66)57(3)47-35-22-24-44(67-52-46(55)49(64)48(63)45(32-58)68-52)39(31-35)38-28-34(21-23-41(38)60)29-40(42(61)20-17-26-54)56-50(65)33(2)27-43(47)62/h21-24,28,31,33,36,40,45-49,52,58,60,63-64H,4-20,25,27,29-30,32,53,55H2,1-3H3,(H,56,65)/t33-,36-,40+,45-,46-,47+,48-,49-,52?/m1/s1. The number of rotatable bonds is 26. The van der Waals surface area contributed by atoms with E-state index in [0.29, 0.717) is 37.8 Å². The third-order valence-electron chi connectivity index (χ3n) is 13.4. The maximum absolute atomic E-state index is 14.8. The molecule has 9 atom stereocenters. The minimum absolute atomic E-state index is 0.0117. The largest absolute Gasteiger partial charge is 0.507 e. The highest BCUT2D eigenvalue weighted by Gasteiger charge is 2.44. The summed E-state index contributed by atoms with van der Waals surface area (Å²) in [5.74, 6) is -3.89. The molecule has 68 heavy (non-hydrogen) atoms. The Labute approximate surface area is 402 Å². The number of phenols is 1. The molecule has 2 amide bonds. The molecule has 16 heteroatoms. The van der Waals surface area contributed by atoms with E-state index in [1.807, 2.05) is 6.07 Å². The number of fused-ring (bicyclic) bond motifs is 5. The van der Waals surface area contributed by atoms with Crippen LogP contribution in [0.1, 0.15) is 153 Å². The number of phenolic OH excluding ortho intramolecular Hbond substituents is 1. The summed E-state index contributed by atoms with van der Waals surface area (Å²) in [7, 11) is 1.49. The summed E-state index contributed by atoms with van der Waals surface area (Å²) in [6, 6.07) is 7.44. The first-order valence-corrected chi connectivity index (χ1v) is 24.9. The Morgan fingerprint density at radius 2 is 1.59 bits per heavy atom. The summed E-state index contributed by atoms with van der Waals surface area (Å²) in [5.41, 5.74) is 13.3. The fourth-order valence-electron chi connectivity index (χ4n) is 9.20. The van der Waals surface area contributed by atoms with Crippen LogP contribution in [0.25, 0.3) is 11.1 Å². The molecule has 2 heterocycles. The van der Waals surface area contributed by atoms with Crippen LogP contribution < -0.4 is 21.5 Å². The van der Waals surface area contributed by atoms with Crippen molar-refractivity contribution >= 4 is 29.2 Å². The lowest BCUT2D eigenvalue weighted by Gasteiger charge is -2.40. The molecule has 2 aromatic carbocycles. The van der Waals surface area contributed by atoms with Crippen molar-refractivity contribution in [1.29, 1.82) is 5.26 Å². The molecule has 0 aliphatic carbocycles. The predicted octanol–water partition coefficient (Wildman–Crippen LogP) is 5.62. The maximum Gasteiger partial charge on any atom is 0.226 e. The number of hydrogen-bond acceptors (Lipinski definition) is 14. The molecule has 1 unspecified atom stereocenters. The van der Waals surface area contributed by atoms with Gasteiger partial charge in [0.2, 0.25) is 18.1 Å². The van der Waals surface area contributed by atoms with Crippen LogP contribution in [-0.4, -0.2) is 111 Å². The first-order chi connectivity index (χ1) is 32.6. The molecule has 1 fully saturated rings. The zero-order chi connectivity index (χ0) is 49.8. The first kappa shape index (κ1) is 55.8. The molecule has 2 aliphatic rings. The number of nitrogens with zero attached hydrogens (tertiary/aromatic N) is 2. The number of benzene rings is 2. The molecular weight excluding hydrogens is 871 g/mol. The lowest BCUT2D eigenvalue weighted by atomic mass is 9.88. The molecule has 16 nitrogen and oxygen atoms in total. The van der Waals surface area contributed by atoms with Gasteiger partial charge in [-0.3, -0.25) is 24.0 Å². The summed E-state index contributed by atoms with van der Waals surface area (Å²) < 4.78 is 12.1. The van der Waals surface area contributed by atoms with Crippen LogP contribution in [0.15, 0.2) is 36.4 Å². The van der Waals surface area contributed by atoms with Gasteiger partial charge >= 0.3 is 0 Å². The number of nitrogens with two attached hydrogens (primary N) is 2. The highest BCUT2D eigenvalue weighted by molar-refractivity contribution is 5.96. The number of ketones is 3. The predicted molar refractivity (Wildman–Crippen MR) is 257 cm³/mol. The number of aliphatic hydroxyl groups is 3. The number of nitriles is 1. The molecule has 0 aromatic heterocycles. The van der Waals surface area contributed by atoms with Gasteiger partial charge in [-0.1, -0.05) is 96.6 Å². The van der Waals surface area contributed by atoms with Gasteiger partial charge in [-0.2, -0.15) is 5.26 Å². The number of unbranched alkanes of at least 4 members (excludes halogenated alkanes) is 11. The van der Waals surface area contributed by atoms with E-state index in [9.17, 15) is 49.7 Å². The molecule has 0 saturated carbocycles. The Bertz CT molecular complexity index is 2010. The molecule has 2 aromatic rings. The summed E-state index contributed by atoms with van der Waals surface area (Å²) in [5, 5.41) is 54.6. The topological polar surface area (TPSA) is 276 Å². The molecule has 376 valence electrons. The smallest absolute Gasteiger partial charge is 0.226 e. The highest BCUT2D eigenvalue weighted by Crippen LogP contribution is 2.41. The zero-order valence-electron chi connectivity index (χ0n) is 40.4. The van der Waals surface area contributed by atoms with Crippen LogP contribution in [0.2, 0.25) is 0 Å². The third kappa shape index (κ3) is 16.2. The van der Waals surface area contributed by atoms with E-state index in [1.54, 1.807) is 31.2 Å². The fourth-order valence-corrected chi connectivity index (χ4v) is 9.20. The molecule has 4 rings (SSSR count). The van der Waals surface area contributed by atoms with Crippen LogP contribution in [0.5, 0.6) is 11.5 Å². The number of likely N-dealkylation sites (N-methyl/N-ethyl adjacent to an activating group) is 1. The minimum Gasteiger partial charge on any atom is -0.507 e. The Hall–Kier alpha value is -4.76. The number of hydrogen-bond donors (Lipinski definition) is 7. The van der Waals surface area contributed by atoms with Crippen molar-refractivity contribution in [2.24, 2.45) is 23.3 Å². The van der Waals surface area contributed by atoms with E-state index >= 15 is 0 Å².